The highest BCUT2D eigenvalue weighted by atomic mass is 32.1. The average molecular weight is 455 g/mol. The molecule has 1 aliphatic heterocycles. The van der Waals surface area contributed by atoms with E-state index in [-0.39, 0.29) is 23.7 Å². The summed E-state index contributed by atoms with van der Waals surface area (Å²) in [6, 6.07) is 8.40. The molecule has 8 nitrogen and oxygen atoms in total. The second-order valence-electron chi connectivity index (χ2n) is 8.86. The Balaban J connectivity index is 1.53. The number of aliphatic hydroxyl groups is 1. The van der Waals surface area contributed by atoms with Gasteiger partial charge in [-0.05, 0) is 57.2 Å². The number of aromatic amines is 1. The number of piperidine rings is 1. The number of hydrogen-bond donors (Lipinski definition) is 4. The monoisotopic (exact) mass is 454 g/mol. The van der Waals surface area contributed by atoms with Crippen LogP contribution in [-0.2, 0) is 0 Å². The lowest BCUT2D eigenvalue weighted by Gasteiger charge is -2.33. The molecule has 2 fully saturated rings. The van der Waals surface area contributed by atoms with Crippen LogP contribution in [0.4, 0.5) is 11.8 Å². The van der Waals surface area contributed by atoms with E-state index in [0.29, 0.717) is 22.3 Å². The molecule has 0 radical (unpaired) electrons. The second-order valence-corrected chi connectivity index (χ2v) is 9.89. The van der Waals surface area contributed by atoms with Crippen LogP contribution in [0.5, 0.6) is 0 Å². The van der Waals surface area contributed by atoms with Gasteiger partial charge in [0.1, 0.15) is 16.4 Å². The Morgan fingerprint density at radius 1 is 1.16 bits per heavy atom. The number of fused-ring (bicyclic) bond motifs is 1. The molecular weight excluding hydrogens is 424 g/mol. The van der Waals surface area contributed by atoms with Gasteiger partial charge in [0.05, 0.1) is 16.3 Å². The van der Waals surface area contributed by atoms with E-state index in [1.807, 2.05) is 31.3 Å². The number of hydrogen-bond acceptors (Lipinski definition) is 8. The molecule has 32 heavy (non-hydrogen) atoms. The number of para-hydroxylation sites is 1. The van der Waals surface area contributed by atoms with Crippen molar-refractivity contribution in [1.82, 2.24) is 20.3 Å². The van der Waals surface area contributed by atoms with E-state index in [1.165, 1.54) is 11.3 Å². The van der Waals surface area contributed by atoms with Crippen molar-refractivity contribution in [2.45, 2.75) is 56.7 Å². The molecule has 3 heterocycles. The maximum Gasteiger partial charge on any atom is 0.264 e. The number of thiazole rings is 1. The second kappa shape index (κ2) is 9.17. The van der Waals surface area contributed by atoms with E-state index < -0.39 is 0 Å². The van der Waals surface area contributed by atoms with Crippen molar-refractivity contribution in [3.05, 3.63) is 34.6 Å². The largest absolute Gasteiger partial charge is 0.393 e. The number of H-pyrrole nitrogens is 1. The number of aromatic nitrogens is 3. The van der Waals surface area contributed by atoms with Crippen LogP contribution in [0.1, 0.15) is 38.5 Å². The fourth-order valence-electron chi connectivity index (χ4n) is 4.70. The van der Waals surface area contributed by atoms with Crippen LogP contribution in [0.3, 0.4) is 0 Å². The van der Waals surface area contributed by atoms with Crippen molar-refractivity contribution in [3.63, 3.8) is 0 Å². The Morgan fingerprint density at radius 3 is 2.72 bits per heavy atom. The van der Waals surface area contributed by atoms with Crippen LogP contribution in [0.25, 0.3) is 20.8 Å². The molecule has 9 heteroatoms. The van der Waals surface area contributed by atoms with Gasteiger partial charge in [-0.2, -0.15) is 4.98 Å². The third-order valence-corrected chi connectivity index (χ3v) is 7.65. The zero-order valence-corrected chi connectivity index (χ0v) is 19.1. The fourth-order valence-corrected chi connectivity index (χ4v) is 5.71. The number of benzene rings is 1. The van der Waals surface area contributed by atoms with Crippen molar-refractivity contribution in [1.29, 1.82) is 0 Å². The highest BCUT2D eigenvalue weighted by molar-refractivity contribution is 7.21. The van der Waals surface area contributed by atoms with Crippen molar-refractivity contribution in [3.8, 4) is 10.6 Å². The van der Waals surface area contributed by atoms with E-state index in [9.17, 15) is 9.90 Å². The van der Waals surface area contributed by atoms with Crippen molar-refractivity contribution in [2.75, 3.05) is 30.4 Å². The van der Waals surface area contributed by atoms with Gasteiger partial charge in [0.2, 0.25) is 5.95 Å². The van der Waals surface area contributed by atoms with E-state index in [2.05, 4.69) is 20.5 Å². The molecule has 2 aliphatic rings. The zero-order valence-electron chi connectivity index (χ0n) is 18.3. The van der Waals surface area contributed by atoms with Gasteiger partial charge in [-0.15, -0.1) is 11.3 Å². The lowest BCUT2D eigenvalue weighted by atomic mass is 9.92. The Labute approximate surface area is 191 Å². The topological polar surface area (TPSA) is 106 Å². The first-order valence-electron chi connectivity index (χ1n) is 11.5. The van der Waals surface area contributed by atoms with E-state index in [0.717, 1.165) is 61.8 Å². The van der Waals surface area contributed by atoms with Gasteiger partial charge in [-0.3, -0.25) is 9.78 Å². The quantitative estimate of drug-likeness (QED) is 0.470. The molecule has 1 aliphatic carbocycles. The molecule has 1 aromatic carbocycles. The van der Waals surface area contributed by atoms with Crippen LogP contribution in [-0.4, -0.2) is 58.4 Å². The average Bonchev–Trinajstić information content (AvgIpc) is 3.23. The maximum absolute atomic E-state index is 13.4. The summed E-state index contributed by atoms with van der Waals surface area (Å²) >= 11 is 1.52. The molecule has 170 valence electrons. The summed E-state index contributed by atoms with van der Waals surface area (Å²) in [7, 11) is 1.98. The van der Waals surface area contributed by atoms with Crippen molar-refractivity contribution >= 4 is 33.3 Å². The zero-order chi connectivity index (χ0) is 22.1. The summed E-state index contributed by atoms with van der Waals surface area (Å²) in [5, 5.41) is 17.5. The molecule has 1 saturated heterocycles. The number of anilines is 2. The first-order chi connectivity index (χ1) is 15.6. The van der Waals surface area contributed by atoms with Gasteiger partial charge in [-0.25, -0.2) is 4.98 Å². The Hall–Kier alpha value is -2.49. The normalized spacial score (nSPS) is 23.9. The summed E-state index contributed by atoms with van der Waals surface area (Å²) < 4.78 is 1.05. The molecule has 1 saturated carbocycles. The molecule has 5 rings (SSSR count). The molecule has 4 N–H and O–H groups in total. The standard InChI is InChI=1S/C23H30N6O2S/c1-29(15-8-10-16(30)11-9-15)23-27-20(25-14-5-4-12-24-13-14)19(21(31)28-23)22-26-17-6-2-3-7-18(17)32-22/h2-3,6-7,14-16,24,30H,4-5,8-13H2,1H3,(H2,25,27,28,31)/t14?,15-,16-. The third-order valence-electron chi connectivity index (χ3n) is 6.60. The smallest absolute Gasteiger partial charge is 0.264 e. The minimum atomic E-state index is -0.218. The predicted octanol–water partition coefficient (Wildman–Crippen LogP) is 2.95. The van der Waals surface area contributed by atoms with Crippen LogP contribution < -0.4 is 21.1 Å². The summed E-state index contributed by atoms with van der Waals surface area (Å²) in [5.41, 5.74) is 1.22. The van der Waals surface area contributed by atoms with E-state index in [1.54, 1.807) is 0 Å². The number of aliphatic hydroxyl groups excluding tert-OH is 1. The molecule has 1 unspecified atom stereocenters. The number of nitrogens with one attached hydrogen (secondary N) is 3. The lowest BCUT2D eigenvalue weighted by Crippen LogP contribution is -2.40. The van der Waals surface area contributed by atoms with Crippen LogP contribution in [0.15, 0.2) is 29.1 Å². The third kappa shape index (κ3) is 4.37. The Bertz CT molecular complexity index is 1100. The molecular formula is C23H30N6O2S. The molecule has 2 aromatic heterocycles. The SMILES string of the molecule is CN(c1nc(NC2CCCNC2)c(-c2nc3ccccc3s2)c(=O)[nH]1)[C@H]1CC[C@H](O)CC1. The van der Waals surface area contributed by atoms with Crippen LogP contribution >= 0.6 is 11.3 Å². The predicted molar refractivity (Wildman–Crippen MR) is 130 cm³/mol. The first kappa shape index (κ1) is 21.4. The van der Waals surface area contributed by atoms with Gasteiger partial charge in [0.25, 0.3) is 5.56 Å². The minimum absolute atomic E-state index is 0.178. The van der Waals surface area contributed by atoms with Crippen molar-refractivity contribution in [2.24, 2.45) is 0 Å². The maximum atomic E-state index is 13.4. The highest BCUT2D eigenvalue weighted by Crippen LogP contribution is 2.33. The van der Waals surface area contributed by atoms with E-state index >= 15 is 0 Å². The molecule has 0 amide bonds. The van der Waals surface area contributed by atoms with Gasteiger partial charge >= 0.3 is 0 Å². The summed E-state index contributed by atoms with van der Waals surface area (Å²) in [6.07, 6.45) is 5.24. The van der Waals surface area contributed by atoms with Crippen LogP contribution in [0.2, 0.25) is 0 Å². The molecule has 0 bridgehead atoms. The fraction of sp³-hybridized carbons (Fsp3) is 0.522. The summed E-state index contributed by atoms with van der Waals surface area (Å²) in [6.45, 7) is 1.87. The highest BCUT2D eigenvalue weighted by Gasteiger charge is 2.27. The summed E-state index contributed by atoms with van der Waals surface area (Å²) in [4.78, 5) is 28.1. The molecule has 3 aromatic rings. The van der Waals surface area contributed by atoms with Gasteiger partial charge in [0, 0.05) is 25.7 Å². The van der Waals surface area contributed by atoms with Gasteiger partial charge in [0.15, 0.2) is 0 Å². The van der Waals surface area contributed by atoms with Gasteiger partial charge in [-0.1, -0.05) is 12.1 Å². The van der Waals surface area contributed by atoms with E-state index in [4.69, 9.17) is 9.97 Å². The Kier molecular flexibility index (Phi) is 6.12. The number of rotatable bonds is 5. The minimum Gasteiger partial charge on any atom is -0.393 e. The first-order valence-corrected chi connectivity index (χ1v) is 12.3. The van der Waals surface area contributed by atoms with Crippen molar-refractivity contribution < 1.29 is 5.11 Å². The number of nitrogens with zero attached hydrogens (tertiary/aromatic N) is 3. The molecule has 1 atom stereocenters. The van der Waals surface area contributed by atoms with Gasteiger partial charge < -0.3 is 20.6 Å². The Morgan fingerprint density at radius 2 is 1.97 bits per heavy atom. The molecule has 0 spiro atoms. The summed E-state index contributed by atoms with van der Waals surface area (Å²) in [5.74, 6) is 1.16. The van der Waals surface area contributed by atoms with Crippen LogP contribution in [0, 0.1) is 0 Å². The lowest BCUT2D eigenvalue weighted by molar-refractivity contribution is 0.122.